The molecule has 18 nitrogen and oxygen atoms in total. The van der Waals surface area contributed by atoms with Crippen LogP contribution in [-0.2, 0) is 38.2 Å². The highest BCUT2D eigenvalue weighted by Crippen LogP contribution is 2.68. The molecule has 2 atom stereocenters. The third-order valence-electron chi connectivity index (χ3n) is 10.1. The number of sulfone groups is 2. The second-order valence-corrected chi connectivity index (χ2v) is 30.0. The number of thiophene rings is 4. The lowest BCUT2D eigenvalue weighted by Crippen LogP contribution is -2.28. The predicted molar refractivity (Wildman–Crippen MR) is 262 cm³/mol. The van der Waals surface area contributed by atoms with Crippen LogP contribution in [0.25, 0.3) is 29.3 Å². The second-order valence-electron chi connectivity index (χ2n) is 16.8. The minimum absolute atomic E-state index is 0.167. The van der Waals surface area contributed by atoms with Crippen LogP contribution in [0.2, 0.25) is 0 Å². The number of hydrogen-bond acceptors (Lipinski definition) is 22. The number of thioether (sulfide) groups is 2. The van der Waals surface area contributed by atoms with Gasteiger partial charge in [-0.3, -0.25) is 8.42 Å². The maximum Gasteiger partial charge on any atom is 0.319 e. The number of ether oxygens (including phenoxy) is 12. The molecule has 0 aromatic carbocycles. The molecular weight excluding hydrogens is 1050 g/mol. The zero-order valence-corrected chi connectivity index (χ0v) is 43.9. The third-order valence-corrected chi connectivity index (χ3v) is 17.8. The number of fused-ring (bicyclic) bond motifs is 6. The summed E-state index contributed by atoms with van der Waals surface area (Å²) < 4.78 is 131. The Balaban J connectivity index is 0.000000402. The fraction of sp³-hybridized carbons (Fsp3) is 0.476. The highest BCUT2D eigenvalue weighted by molar-refractivity contribution is 8.12. The van der Waals surface area contributed by atoms with Gasteiger partial charge < -0.3 is 75.1 Å². The van der Waals surface area contributed by atoms with E-state index in [0.717, 1.165) is 113 Å². The molecule has 2 saturated heterocycles. The molecule has 370 valence electrons. The van der Waals surface area contributed by atoms with Gasteiger partial charge in [-0.25, -0.2) is 0 Å². The van der Waals surface area contributed by atoms with Crippen LogP contribution < -0.4 is 37.9 Å². The first-order valence-corrected chi connectivity index (χ1v) is 31.2. The number of aryl methyl sites for hydroxylation is 1. The Morgan fingerprint density at radius 3 is 1.32 bits per heavy atom. The van der Waals surface area contributed by atoms with Gasteiger partial charge in [-0.15, -0.1) is 34.0 Å². The van der Waals surface area contributed by atoms with E-state index in [2.05, 4.69) is 13.8 Å². The van der Waals surface area contributed by atoms with Crippen molar-refractivity contribution in [3.05, 3.63) is 41.5 Å². The molecular formula is C42H46O18S8. The SMILES string of the molecule is CS(C)(=O)([O-])O.CS(C)(=O)([O-])O.Cc1sc(C2=C3OCCOC3[C+](c3sc(-c4sc(-c5sc(C6=C7OCCOC7[C+](C)S6)c6c5OCCO6)c5c4OCCO5)c4c3OCCO4)S2)c2c1OCCO2. The van der Waals surface area contributed by atoms with Gasteiger partial charge in [0.1, 0.15) is 87.6 Å². The molecule has 2 fully saturated rings. The molecule has 2 unspecified atom stereocenters. The largest absolute Gasteiger partial charge is 0.770 e. The van der Waals surface area contributed by atoms with Crippen molar-refractivity contribution < 1.29 is 83.5 Å². The van der Waals surface area contributed by atoms with Gasteiger partial charge in [0.15, 0.2) is 56.5 Å². The predicted octanol–water partition coefficient (Wildman–Crippen LogP) is 7.79. The summed E-state index contributed by atoms with van der Waals surface area (Å²) >= 11 is 9.83. The molecule has 68 heavy (non-hydrogen) atoms. The normalized spacial score (nSPS) is 22.5. The van der Waals surface area contributed by atoms with E-state index in [4.69, 9.17) is 65.9 Å². The van der Waals surface area contributed by atoms with Gasteiger partial charge in [-0.05, 0) is 6.92 Å². The highest BCUT2D eigenvalue weighted by atomic mass is 32.3. The fourth-order valence-electron chi connectivity index (χ4n) is 7.77. The highest BCUT2D eigenvalue weighted by Gasteiger charge is 2.55. The maximum atomic E-state index is 9.79. The maximum absolute atomic E-state index is 9.79. The van der Waals surface area contributed by atoms with Crippen LogP contribution in [0.4, 0.5) is 0 Å². The van der Waals surface area contributed by atoms with Gasteiger partial charge in [0.2, 0.25) is 6.10 Å². The summed E-state index contributed by atoms with van der Waals surface area (Å²) in [7, 11) is -8.70. The van der Waals surface area contributed by atoms with Gasteiger partial charge in [-0.2, -0.15) is 0 Å². The Morgan fingerprint density at radius 1 is 0.471 bits per heavy atom. The van der Waals surface area contributed by atoms with E-state index in [1.807, 2.05) is 0 Å². The van der Waals surface area contributed by atoms with E-state index in [-0.39, 0.29) is 6.10 Å². The lowest BCUT2D eigenvalue weighted by atomic mass is 10.1. The Hall–Kier alpha value is -3.22. The van der Waals surface area contributed by atoms with Crippen LogP contribution in [-0.4, -0.2) is 143 Å². The van der Waals surface area contributed by atoms with Crippen molar-refractivity contribution in [1.82, 2.24) is 0 Å². The quantitative estimate of drug-likeness (QED) is 0.182. The molecule has 8 aliphatic heterocycles. The third kappa shape index (κ3) is 10.0. The molecule has 0 aliphatic carbocycles. The molecule has 26 heteroatoms. The van der Waals surface area contributed by atoms with Crippen molar-refractivity contribution in [1.29, 1.82) is 0 Å². The first-order valence-electron chi connectivity index (χ1n) is 21.0. The van der Waals surface area contributed by atoms with Gasteiger partial charge in [-0.1, -0.05) is 30.6 Å². The molecule has 4 aromatic heterocycles. The average molecular weight is 1100 g/mol. The summed E-state index contributed by atoms with van der Waals surface area (Å²) in [6.07, 6.45) is 2.48. The minimum atomic E-state index is -4.35. The van der Waals surface area contributed by atoms with Crippen molar-refractivity contribution in [3.63, 3.8) is 0 Å². The minimum Gasteiger partial charge on any atom is -0.770 e. The van der Waals surface area contributed by atoms with E-state index < -0.39 is 25.4 Å². The van der Waals surface area contributed by atoms with E-state index in [9.17, 15) is 17.5 Å². The van der Waals surface area contributed by atoms with Gasteiger partial charge >= 0.3 is 5.75 Å². The molecule has 8 aliphatic rings. The average Bonchev–Trinajstić information content (AvgIpc) is 4.14. The van der Waals surface area contributed by atoms with E-state index in [1.54, 1.807) is 68.9 Å². The van der Waals surface area contributed by atoms with E-state index in [0.29, 0.717) is 108 Å². The standard InChI is InChI=1S/C38H32O12S6.2C2H8O3S/c1-15-17-19(41-5-3-39-17)29(51-15)31-21-23(45-9-7-43-21)33(53-31)35-25-27(49-13-11-47-25)37(55-35)38-28-26(48-12-14-50-28)36(56-38)34-24-22(44-8-10-46-24)32(54-34)30-20-18(16(2)52-30)40-4-6-42-20;2*1-6(2,3,4)5/h17,24H,3-14H2,1-2H3;2*1-2H3,(H2,3,4,5)/q+2;;/p-2. The smallest absolute Gasteiger partial charge is 0.319 e. The zero-order chi connectivity index (χ0) is 48.0. The van der Waals surface area contributed by atoms with Gasteiger partial charge in [0, 0.05) is 41.7 Å². The van der Waals surface area contributed by atoms with Crippen molar-refractivity contribution in [2.24, 2.45) is 0 Å². The van der Waals surface area contributed by atoms with Crippen molar-refractivity contribution in [2.45, 2.75) is 26.1 Å². The Kier molecular flexibility index (Phi) is 12.7. The van der Waals surface area contributed by atoms with Crippen molar-refractivity contribution in [3.8, 4) is 65.5 Å². The van der Waals surface area contributed by atoms with Crippen LogP contribution >= 0.6 is 68.9 Å². The van der Waals surface area contributed by atoms with Crippen LogP contribution in [0.15, 0.2) is 11.5 Å². The lowest BCUT2D eigenvalue weighted by molar-refractivity contribution is -0.0266. The fourth-order valence-corrected chi connectivity index (χ4v) is 15.4. The van der Waals surface area contributed by atoms with Crippen LogP contribution in [0.3, 0.4) is 0 Å². The molecule has 0 radical (unpaired) electrons. The molecule has 12 rings (SSSR count). The summed E-state index contributed by atoms with van der Waals surface area (Å²) in [6.45, 7) is 9.85. The molecule has 0 amide bonds. The Labute approximate surface area is 415 Å². The lowest BCUT2D eigenvalue weighted by Gasteiger charge is -2.32. The summed E-state index contributed by atoms with van der Waals surface area (Å²) in [5.74, 6) is 7.43. The monoisotopic (exact) mass is 1090 g/mol. The summed E-state index contributed by atoms with van der Waals surface area (Å²) in [5, 5.41) is 2.14. The summed E-state index contributed by atoms with van der Waals surface area (Å²) in [6, 6.07) is 0. The summed E-state index contributed by atoms with van der Waals surface area (Å²) in [4.78, 5) is 9.64. The Bertz CT molecular complexity index is 2780. The molecule has 0 bridgehead atoms. The van der Waals surface area contributed by atoms with Gasteiger partial charge in [0.25, 0.3) is 16.7 Å². The zero-order valence-electron chi connectivity index (χ0n) is 37.3. The molecule has 4 aromatic rings. The molecule has 12 heterocycles. The van der Waals surface area contributed by atoms with Gasteiger partial charge in [0.05, 0.1) is 49.4 Å². The van der Waals surface area contributed by atoms with Crippen molar-refractivity contribution in [2.75, 3.05) is 104 Å². The second kappa shape index (κ2) is 17.8. The van der Waals surface area contributed by atoms with Crippen LogP contribution in [0, 0.1) is 17.4 Å². The van der Waals surface area contributed by atoms with E-state index in [1.165, 1.54) is 0 Å². The first-order chi connectivity index (χ1) is 32.1. The molecule has 2 N–H and O–H groups in total. The first kappa shape index (κ1) is 48.4. The van der Waals surface area contributed by atoms with Crippen molar-refractivity contribution >= 4 is 97.9 Å². The van der Waals surface area contributed by atoms with E-state index >= 15 is 0 Å². The summed E-state index contributed by atoms with van der Waals surface area (Å²) in [5.41, 5.74) is 0. The number of rotatable bonds is 5. The van der Waals surface area contributed by atoms with Crippen LogP contribution in [0.5, 0.6) is 46.0 Å². The molecule has 0 spiro atoms. The number of hydrogen-bond donors (Lipinski definition) is 2. The topological polar surface area (TPSA) is 231 Å². The molecule has 0 saturated carbocycles. The van der Waals surface area contributed by atoms with Crippen LogP contribution in [0.1, 0.15) is 26.4 Å². The Morgan fingerprint density at radius 2 is 0.809 bits per heavy atom.